The molecule has 19 heavy (non-hydrogen) atoms. The lowest BCUT2D eigenvalue weighted by Gasteiger charge is -2.06. The van der Waals surface area contributed by atoms with Crippen LogP contribution >= 0.6 is 11.6 Å². The summed E-state index contributed by atoms with van der Waals surface area (Å²) in [6.45, 7) is -0.472. The van der Waals surface area contributed by atoms with Crippen LogP contribution in [-0.4, -0.2) is 30.5 Å². The predicted molar refractivity (Wildman–Crippen MR) is 64.9 cm³/mol. The van der Waals surface area contributed by atoms with Gasteiger partial charge in [-0.2, -0.15) is 0 Å². The van der Waals surface area contributed by atoms with Gasteiger partial charge in [0, 0.05) is 18.2 Å². The first-order valence-corrected chi connectivity index (χ1v) is 5.95. The Morgan fingerprint density at radius 2 is 2.26 bits per heavy atom. The molecule has 0 atom stereocenters. The van der Waals surface area contributed by atoms with Crippen molar-refractivity contribution in [2.45, 2.75) is 12.8 Å². The number of esters is 1. The van der Waals surface area contributed by atoms with E-state index in [9.17, 15) is 13.6 Å². The Kier molecular flexibility index (Phi) is 4.31. The van der Waals surface area contributed by atoms with Crippen molar-refractivity contribution >= 4 is 17.6 Å². The molecule has 0 saturated carbocycles. The van der Waals surface area contributed by atoms with E-state index < -0.39 is 18.9 Å². The maximum absolute atomic E-state index is 12.2. The van der Waals surface area contributed by atoms with E-state index in [0.717, 1.165) is 5.56 Å². The first-order valence-electron chi connectivity index (χ1n) is 5.58. The predicted octanol–water partition coefficient (Wildman–Crippen LogP) is 1.94. The first-order chi connectivity index (χ1) is 9.06. The molecule has 2 rings (SSSR count). The molecule has 1 N–H and O–H groups in total. The Bertz CT molecular complexity index is 503. The van der Waals surface area contributed by atoms with Crippen LogP contribution in [0.5, 0.6) is 0 Å². The summed E-state index contributed by atoms with van der Waals surface area (Å²) in [6, 6.07) is 3.39. The molecule has 0 spiro atoms. The van der Waals surface area contributed by atoms with Gasteiger partial charge in [-0.15, -0.1) is 0 Å². The second kappa shape index (κ2) is 5.97. The second-order valence-electron chi connectivity index (χ2n) is 3.99. The molecule has 0 fully saturated rings. The van der Waals surface area contributed by atoms with Gasteiger partial charge in [0.15, 0.2) is 0 Å². The lowest BCUT2D eigenvalue weighted by Crippen LogP contribution is -2.25. The molecule has 0 bridgehead atoms. The molecule has 1 aromatic rings. The van der Waals surface area contributed by atoms with Gasteiger partial charge in [-0.05, 0) is 11.6 Å². The van der Waals surface area contributed by atoms with Crippen molar-refractivity contribution in [2.24, 2.45) is 0 Å². The minimum absolute atomic E-state index is 0.104. The lowest BCUT2D eigenvalue weighted by molar-refractivity contribution is -0.136. The average molecular weight is 289 g/mol. The molecule has 0 aromatic carbocycles. The molecule has 1 aliphatic rings. The van der Waals surface area contributed by atoms with Gasteiger partial charge in [0.1, 0.15) is 17.5 Å². The van der Waals surface area contributed by atoms with E-state index in [2.05, 4.69) is 10.3 Å². The number of pyridine rings is 1. The molecule has 2 heterocycles. The molecule has 102 valence electrons. The molecule has 4 nitrogen and oxygen atoms in total. The van der Waals surface area contributed by atoms with Crippen LogP contribution in [0, 0.1) is 0 Å². The number of halogens is 3. The Morgan fingerprint density at radius 3 is 2.89 bits per heavy atom. The van der Waals surface area contributed by atoms with Gasteiger partial charge in [-0.3, -0.25) is 0 Å². The molecule has 1 aliphatic heterocycles. The third-order valence-electron chi connectivity index (χ3n) is 2.57. The minimum Gasteiger partial charge on any atom is -0.456 e. The number of nitrogens with one attached hydrogen (secondary N) is 1. The lowest BCUT2D eigenvalue weighted by atomic mass is 10.1. The van der Waals surface area contributed by atoms with E-state index in [-0.39, 0.29) is 12.3 Å². The largest absolute Gasteiger partial charge is 0.456 e. The highest BCUT2D eigenvalue weighted by Gasteiger charge is 2.25. The van der Waals surface area contributed by atoms with Crippen LogP contribution in [0.15, 0.2) is 29.6 Å². The van der Waals surface area contributed by atoms with Gasteiger partial charge in [-0.1, -0.05) is 17.7 Å². The molecule has 0 amide bonds. The fraction of sp³-hybridized carbons (Fsp3) is 0.333. The zero-order chi connectivity index (χ0) is 13.8. The van der Waals surface area contributed by atoms with Gasteiger partial charge >= 0.3 is 5.97 Å². The van der Waals surface area contributed by atoms with Crippen molar-refractivity contribution in [3.63, 3.8) is 0 Å². The number of carbonyl (C=O) groups excluding carboxylic acids is 1. The van der Waals surface area contributed by atoms with Gasteiger partial charge in [0.2, 0.25) is 0 Å². The van der Waals surface area contributed by atoms with E-state index in [1.54, 1.807) is 18.3 Å². The quantitative estimate of drug-likeness (QED) is 0.664. The number of aromatic nitrogens is 1. The maximum Gasteiger partial charge on any atom is 0.354 e. The monoisotopic (exact) mass is 288 g/mol. The van der Waals surface area contributed by atoms with Crippen molar-refractivity contribution in [1.29, 1.82) is 0 Å². The van der Waals surface area contributed by atoms with Crippen LogP contribution in [0.25, 0.3) is 0 Å². The fourth-order valence-electron chi connectivity index (χ4n) is 1.71. The molecule has 1 aromatic heterocycles. The molecule has 0 radical (unpaired) electrons. The normalized spacial score (nSPS) is 15.1. The first kappa shape index (κ1) is 13.7. The smallest absolute Gasteiger partial charge is 0.354 e. The number of ether oxygens (including phenoxy) is 1. The third kappa shape index (κ3) is 3.64. The number of alkyl halides is 2. The summed E-state index contributed by atoms with van der Waals surface area (Å²) in [5.74, 6) is -0.599. The summed E-state index contributed by atoms with van der Waals surface area (Å²) in [5, 5.41) is 2.79. The van der Waals surface area contributed by atoms with E-state index in [1.165, 1.54) is 0 Å². The number of cyclic esters (lactones) is 1. The van der Waals surface area contributed by atoms with Gasteiger partial charge in [0.05, 0.1) is 6.54 Å². The van der Waals surface area contributed by atoms with Crippen LogP contribution < -0.4 is 5.32 Å². The van der Waals surface area contributed by atoms with Crippen molar-refractivity contribution in [1.82, 2.24) is 10.3 Å². The zero-order valence-electron chi connectivity index (χ0n) is 9.83. The molecular weight excluding hydrogens is 278 g/mol. The number of hydrogen-bond acceptors (Lipinski definition) is 4. The standard InChI is InChI=1S/C12H11ClF2N2O2/c13-9-2-1-7(4-16-9)3-8-6-19-12(18)11(8)17-5-10(14)15/h1-2,4,10,17H,3,5-6H2. The highest BCUT2D eigenvalue weighted by Crippen LogP contribution is 2.19. The number of nitrogens with zero attached hydrogens (tertiary/aromatic N) is 1. The second-order valence-corrected chi connectivity index (χ2v) is 4.38. The average Bonchev–Trinajstić information content (AvgIpc) is 2.70. The Morgan fingerprint density at radius 1 is 1.47 bits per heavy atom. The maximum atomic E-state index is 12.2. The number of rotatable bonds is 5. The van der Waals surface area contributed by atoms with Gasteiger partial charge < -0.3 is 10.1 Å². The number of carbonyl (C=O) groups is 1. The van der Waals surface area contributed by atoms with Crippen molar-refractivity contribution < 1.29 is 18.3 Å². The Hall–Kier alpha value is -1.69. The minimum atomic E-state index is -2.53. The van der Waals surface area contributed by atoms with Gasteiger partial charge in [-0.25, -0.2) is 18.6 Å². The van der Waals surface area contributed by atoms with E-state index in [4.69, 9.17) is 16.3 Å². The van der Waals surface area contributed by atoms with Gasteiger partial charge in [0.25, 0.3) is 6.43 Å². The summed E-state index contributed by atoms with van der Waals surface area (Å²) in [5.41, 5.74) is 1.58. The summed E-state index contributed by atoms with van der Waals surface area (Å²) in [6.07, 6.45) is -0.552. The van der Waals surface area contributed by atoms with E-state index in [1.807, 2.05) is 0 Å². The van der Waals surface area contributed by atoms with E-state index >= 15 is 0 Å². The molecule has 0 unspecified atom stereocenters. The molecule has 0 saturated heterocycles. The molecule has 0 aliphatic carbocycles. The Balaban J connectivity index is 2.11. The Labute approximate surface area is 113 Å². The highest BCUT2D eigenvalue weighted by atomic mass is 35.5. The van der Waals surface area contributed by atoms with Crippen molar-refractivity contribution in [2.75, 3.05) is 13.2 Å². The zero-order valence-corrected chi connectivity index (χ0v) is 10.6. The topological polar surface area (TPSA) is 51.2 Å². The van der Waals surface area contributed by atoms with Crippen LogP contribution in [0.3, 0.4) is 0 Å². The third-order valence-corrected chi connectivity index (χ3v) is 2.80. The molecule has 7 heteroatoms. The summed E-state index contributed by atoms with van der Waals surface area (Å²) in [4.78, 5) is 15.3. The SMILES string of the molecule is O=C1OCC(Cc2ccc(Cl)nc2)=C1NCC(F)F. The fourth-order valence-corrected chi connectivity index (χ4v) is 1.83. The van der Waals surface area contributed by atoms with Crippen LogP contribution in [-0.2, 0) is 16.0 Å². The van der Waals surface area contributed by atoms with Crippen LogP contribution in [0.2, 0.25) is 5.15 Å². The van der Waals surface area contributed by atoms with Crippen LogP contribution in [0.1, 0.15) is 5.56 Å². The highest BCUT2D eigenvalue weighted by molar-refractivity contribution is 6.29. The summed E-state index contributed by atoms with van der Waals surface area (Å²) < 4.78 is 29.1. The number of hydrogen-bond donors (Lipinski definition) is 1. The van der Waals surface area contributed by atoms with Crippen LogP contribution in [0.4, 0.5) is 8.78 Å². The van der Waals surface area contributed by atoms with Crippen molar-refractivity contribution in [3.8, 4) is 0 Å². The van der Waals surface area contributed by atoms with E-state index in [0.29, 0.717) is 17.1 Å². The summed E-state index contributed by atoms with van der Waals surface area (Å²) >= 11 is 5.67. The molecular formula is C12H11ClF2N2O2. The summed E-state index contributed by atoms with van der Waals surface area (Å²) in [7, 11) is 0. The van der Waals surface area contributed by atoms with Crippen molar-refractivity contribution in [3.05, 3.63) is 40.3 Å².